The van der Waals surface area contributed by atoms with Crippen molar-refractivity contribution in [3.05, 3.63) is 120 Å². The lowest BCUT2D eigenvalue weighted by Crippen LogP contribution is -2.48. The van der Waals surface area contributed by atoms with E-state index in [0.717, 1.165) is 23.6 Å². The van der Waals surface area contributed by atoms with Crippen LogP contribution in [-0.4, -0.2) is 55.0 Å². The summed E-state index contributed by atoms with van der Waals surface area (Å²) in [6, 6.07) is 34.4. The van der Waals surface area contributed by atoms with Crippen LogP contribution in [0.25, 0.3) is 10.8 Å². The Kier molecular flexibility index (Phi) is 9.22. The summed E-state index contributed by atoms with van der Waals surface area (Å²) in [5, 5.41) is 8.80. The molecule has 2 atom stereocenters. The Labute approximate surface area is 236 Å². The highest BCUT2D eigenvalue weighted by molar-refractivity contribution is 5.98. The SMILES string of the molecule is NCCC1NC(CCNC(=O)c2ccc3ccccc3c2)CCN(CC(c2ccccc2)c2ccccc2)C1=O. The summed E-state index contributed by atoms with van der Waals surface area (Å²) < 4.78 is 0. The van der Waals surface area contributed by atoms with Gasteiger partial charge in [0.05, 0.1) is 6.04 Å². The summed E-state index contributed by atoms with van der Waals surface area (Å²) >= 11 is 0. The smallest absolute Gasteiger partial charge is 0.251 e. The second-order valence-electron chi connectivity index (χ2n) is 10.5. The van der Waals surface area contributed by atoms with E-state index in [4.69, 9.17) is 5.73 Å². The number of hydrogen-bond donors (Lipinski definition) is 3. The zero-order chi connectivity index (χ0) is 27.7. The van der Waals surface area contributed by atoms with Gasteiger partial charge in [0.1, 0.15) is 0 Å². The van der Waals surface area contributed by atoms with Crippen LogP contribution >= 0.6 is 0 Å². The Bertz CT molecular complexity index is 1370. The van der Waals surface area contributed by atoms with E-state index >= 15 is 0 Å². The van der Waals surface area contributed by atoms with Crippen molar-refractivity contribution < 1.29 is 9.59 Å². The molecule has 2 unspecified atom stereocenters. The number of rotatable bonds is 10. The van der Waals surface area contributed by atoms with Crippen LogP contribution in [0.4, 0.5) is 0 Å². The van der Waals surface area contributed by atoms with E-state index in [-0.39, 0.29) is 29.8 Å². The van der Waals surface area contributed by atoms with E-state index in [1.54, 1.807) is 0 Å². The van der Waals surface area contributed by atoms with Gasteiger partial charge in [-0.05, 0) is 59.8 Å². The Morgan fingerprint density at radius 1 is 0.875 bits per heavy atom. The lowest BCUT2D eigenvalue weighted by Gasteiger charge is -2.29. The molecule has 40 heavy (non-hydrogen) atoms. The summed E-state index contributed by atoms with van der Waals surface area (Å²) in [6.45, 7) is 2.24. The summed E-state index contributed by atoms with van der Waals surface area (Å²) in [7, 11) is 0. The number of amides is 2. The van der Waals surface area contributed by atoms with Gasteiger partial charge in [-0.25, -0.2) is 0 Å². The zero-order valence-corrected chi connectivity index (χ0v) is 22.8. The molecule has 1 aliphatic heterocycles. The van der Waals surface area contributed by atoms with Gasteiger partial charge < -0.3 is 21.3 Å². The van der Waals surface area contributed by atoms with E-state index in [0.29, 0.717) is 38.2 Å². The van der Waals surface area contributed by atoms with Crippen LogP contribution in [0.2, 0.25) is 0 Å². The molecule has 0 bridgehead atoms. The summed E-state index contributed by atoms with van der Waals surface area (Å²) in [6.07, 6.45) is 2.13. The topological polar surface area (TPSA) is 87.5 Å². The van der Waals surface area contributed by atoms with Gasteiger partial charge in [-0.2, -0.15) is 0 Å². The number of nitrogens with one attached hydrogen (secondary N) is 2. The molecule has 1 saturated heterocycles. The van der Waals surface area contributed by atoms with E-state index in [2.05, 4.69) is 59.2 Å². The maximum absolute atomic E-state index is 13.7. The fourth-order valence-corrected chi connectivity index (χ4v) is 5.65. The number of benzene rings is 4. The predicted octanol–water partition coefficient (Wildman–Crippen LogP) is 4.70. The molecule has 6 nitrogen and oxygen atoms in total. The molecule has 0 aliphatic carbocycles. The van der Waals surface area contributed by atoms with Gasteiger partial charge in [-0.1, -0.05) is 91.0 Å². The maximum Gasteiger partial charge on any atom is 0.251 e. The normalized spacial score (nSPS) is 17.6. The Morgan fingerprint density at radius 3 is 2.20 bits per heavy atom. The molecule has 4 aromatic rings. The molecule has 4 aromatic carbocycles. The second-order valence-corrected chi connectivity index (χ2v) is 10.5. The van der Waals surface area contributed by atoms with Gasteiger partial charge in [0.25, 0.3) is 5.91 Å². The lowest BCUT2D eigenvalue weighted by atomic mass is 9.90. The zero-order valence-electron chi connectivity index (χ0n) is 22.8. The minimum absolute atomic E-state index is 0.0795. The standard InChI is InChI=1S/C34H38N4O2/c35-20-17-32-34(40)38(24-31(26-10-3-1-4-11-26)27-12-5-2-6-13-27)22-19-30(37-32)18-21-36-33(39)29-16-15-25-9-7-8-14-28(25)23-29/h1-16,23,30-32,37H,17-22,24,35H2,(H,36,39). The number of carbonyl (C=O) groups excluding carboxylic acids is 2. The largest absolute Gasteiger partial charge is 0.352 e. The van der Waals surface area contributed by atoms with Crippen LogP contribution in [0.1, 0.15) is 46.7 Å². The second kappa shape index (κ2) is 13.4. The third-order valence-electron chi connectivity index (χ3n) is 7.85. The van der Waals surface area contributed by atoms with Crippen molar-refractivity contribution in [2.24, 2.45) is 5.73 Å². The number of hydrogen-bond acceptors (Lipinski definition) is 4. The fourth-order valence-electron chi connectivity index (χ4n) is 5.65. The van der Waals surface area contributed by atoms with Crippen LogP contribution in [-0.2, 0) is 4.79 Å². The molecule has 206 valence electrons. The van der Waals surface area contributed by atoms with E-state index in [9.17, 15) is 9.59 Å². The van der Waals surface area contributed by atoms with Gasteiger partial charge in [-0.15, -0.1) is 0 Å². The Balaban J connectivity index is 1.24. The number of carbonyl (C=O) groups is 2. The number of nitrogens with two attached hydrogens (primary N) is 1. The van der Waals surface area contributed by atoms with Crippen LogP contribution in [0.5, 0.6) is 0 Å². The number of fused-ring (bicyclic) bond motifs is 1. The van der Waals surface area contributed by atoms with Gasteiger partial charge in [0, 0.05) is 37.2 Å². The average molecular weight is 535 g/mol. The average Bonchev–Trinajstić information content (AvgIpc) is 3.14. The molecule has 5 rings (SSSR count). The lowest BCUT2D eigenvalue weighted by molar-refractivity contribution is -0.133. The first kappa shape index (κ1) is 27.6. The van der Waals surface area contributed by atoms with Crippen molar-refractivity contribution in [1.29, 1.82) is 0 Å². The molecule has 2 amide bonds. The van der Waals surface area contributed by atoms with Crippen LogP contribution in [0, 0.1) is 0 Å². The van der Waals surface area contributed by atoms with Crippen LogP contribution in [0.3, 0.4) is 0 Å². The van der Waals surface area contributed by atoms with Gasteiger partial charge in [0.2, 0.25) is 5.91 Å². The van der Waals surface area contributed by atoms with Crippen LogP contribution < -0.4 is 16.4 Å². The van der Waals surface area contributed by atoms with Crippen molar-refractivity contribution in [3.63, 3.8) is 0 Å². The highest BCUT2D eigenvalue weighted by Crippen LogP contribution is 2.27. The van der Waals surface area contributed by atoms with E-state index < -0.39 is 0 Å². The molecule has 1 fully saturated rings. The summed E-state index contributed by atoms with van der Waals surface area (Å²) in [4.78, 5) is 28.5. The van der Waals surface area contributed by atoms with Crippen molar-refractivity contribution in [1.82, 2.24) is 15.5 Å². The molecule has 0 saturated carbocycles. The molecule has 0 spiro atoms. The Hall–Kier alpha value is -4.00. The first-order valence-electron chi connectivity index (χ1n) is 14.2. The van der Waals surface area contributed by atoms with Gasteiger partial charge in [-0.3, -0.25) is 9.59 Å². The van der Waals surface area contributed by atoms with Gasteiger partial charge >= 0.3 is 0 Å². The highest BCUT2D eigenvalue weighted by atomic mass is 16.2. The monoisotopic (exact) mass is 534 g/mol. The quantitative estimate of drug-likeness (QED) is 0.275. The fraction of sp³-hybridized carbons (Fsp3) is 0.294. The molecule has 1 heterocycles. The summed E-state index contributed by atoms with van der Waals surface area (Å²) in [5.41, 5.74) is 8.97. The molecular formula is C34H38N4O2. The van der Waals surface area contributed by atoms with Gasteiger partial charge in [0.15, 0.2) is 0 Å². The minimum atomic E-state index is -0.333. The first-order chi connectivity index (χ1) is 19.6. The Morgan fingerprint density at radius 2 is 1.52 bits per heavy atom. The maximum atomic E-state index is 13.7. The van der Waals surface area contributed by atoms with E-state index in [1.807, 2.05) is 59.5 Å². The molecule has 1 aliphatic rings. The predicted molar refractivity (Wildman–Crippen MR) is 161 cm³/mol. The molecular weight excluding hydrogens is 496 g/mol. The van der Waals surface area contributed by atoms with Crippen molar-refractivity contribution >= 4 is 22.6 Å². The third kappa shape index (κ3) is 6.76. The highest BCUT2D eigenvalue weighted by Gasteiger charge is 2.32. The van der Waals surface area contributed by atoms with Crippen molar-refractivity contribution in [2.45, 2.75) is 37.3 Å². The van der Waals surface area contributed by atoms with E-state index in [1.165, 1.54) is 11.1 Å². The summed E-state index contributed by atoms with van der Waals surface area (Å²) in [5.74, 6) is 0.108. The molecule has 4 N–H and O–H groups in total. The first-order valence-corrected chi connectivity index (χ1v) is 14.2. The van der Waals surface area contributed by atoms with Crippen LogP contribution in [0.15, 0.2) is 103 Å². The third-order valence-corrected chi connectivity index (χ3v) is 7.85. The molecule has 0 aromatic heterocycles. The van der Waals surface area contributed by atoms with Crippen molar-refractivity contribution in [2.75, 3.05) is 26.2 Å². The minimum Gasteiger partial charge on any atom is -0.352 e. The number of nitrogens with zero attached hydrogens (tertiary/aromatic N) is 1. The molecule has 0 radical (unpaired) electrons. The molecule has 6 heteroatoms. The van der Waals surface area contributed by atoms with Crippen molar-refractivity contribution in [3.8, 4) is 0 Å².